The molecule has 0 aliphatic rings. The maximum atomic E-state index is 10.3. The molecule has 24 heavy (non-hydrogen) atoms. The summed E-state index contributed by atoms with van der Waals surface area (Å²) in [6, 6.07) is 10.6. The third-order valence-electron chi connectivity index (χ3n) is 4.07. The van der Waals surface area contributed by atoms with Crippen molar-refractivity contribution < 1.29 is 19.5 Å². The van der Waals surface area contributed by atoms with E-state index in [1.807, 2.05) is 38.0 Å². The first-order valence-electron chi connectivity index (χ1n) is 7.71. The number of phenolic OH excluding ortho intramolecular Hbond substituents is 2. The molecule has 0 aliphatic heterocycles. The standard InChI is InChI=1S/C18H18BNO4/c1-10-17(11-4-6-12(23-3)7-5-11)18(20-24-10)13-8-14(19-2)16(22)9-15(13)21/h4-9,19,21-22H,1-3H3. The number of aromatic nitrogens is 1. The van der Waals surface area contributed by atoms with Crippen LogP contribution in [0, 0.1) is 6.92 Å². The maximum Gasteiger partial charge on any atom is 0.159 e. The van der Waals surface area contributed by atoms with Crippen LogP contribution in [0.15, 0.2) is 40.9 Å². The van der Waals surface area contributed by atoms with Crippen LogP contribution in [0.25, 0.3) is 22.4 Å². The van der Waals surface area contributed by atoms with E-state index in [2.05, 4.69) is 5.16 Å². The van der Waals surface area contributed by atoms with E-state index in [1.54, 1.807) is 13.2 Å². The van der Waals surface area contributed by atoms with Crippen LogP contribution in [0.1, 0.15) is 5.76 Å². The fourth-order valence-corrected chi connectivity index (χ4v) is 2.75. The fraction of sp³-hybridized carbons (Fsp3) is 0.167. The molecule has 1 heterocycles. The molecule has 0 spiro atoms. The van der Waals surface area contributed by atoms with Crippen molar-refractivity contribution in [3.63, 3.8) is 0 Å². The second kappa shape index (κ2) is 6.32. The van der Waals surface area contributed by atoms with Crippen molar-refractivity contribution in [2.24, 2.45) is 0 Å². The molecule has 122 valence electrons. The second-order valence-electron chi connectivity index (χ2n) is 5.54. The van der Waals surface area contributed by atoms with Gasteiger partial charge in [0.05, 0.1) is 12.7 Å². The summed E-state index contributed by atoms with van der Waals surface area (Å²) in [4.78, 5) is 0. The first-order chi connectivity index (χ1) is 11.5. The molecule has 2 aromatic carbocycles. The van der Waals surface area contributed by atoms with Gasteiger partial charge in [0.1, 0.15) is 28.7 Å². The van der Waals surface area contributed by atoms with Gasteiger partial charge in [0.25, 0.3) is 0 Å². The van der Waals surface area contributed by atoms with Gasteiger partial charge in [0.15, 0.2) is 7.28 Å². The van der Waals surface area contributed by atoms with Gasteiger partial charge in [0, 0.05) is 11.6 Å². The van der Waals surface area contributed by atoms with Gasteiger partial charge >= 0.3 is 0 Å². The third-order valence-corrected chi connectivity index (χ3v) is 4.07. The Kier molecular flexibility index (Phi) is 4.21. The van der Waals surface area contributed by atoms with Crippen molar-refractivity contribution in [3.05, 3.63) is 42.2 Å². The Morgan fingerprint density at radius 3 is 2.42 bits per heavy atom. The van der Waals surface area contributed by atoms with Gasteiger partial charge in [-0.05, 0) is 30.1 Å². The highest BCUT2D eigenvalue weighted by atomic mass is 16.5. The molecule has 0 saturated heterocycles. The molecule has 1 aromatic heterocycles. The van der Waals surface area contributed by atoms with Gasteiger partial charge in [-0.3, -0.25) is 0 Å². The molecule has 0 bridgehead atoms. The van der Waals surface area contributed by atoms with E-state index in [4.69, 9.17) is 9.26 Å². The number of hydrogen-bond acceptors (Lipinski definition) is 5. The summed E-state index contributed by atoms with van der Waals surface area (Å²) in [6.07, 6.45) is 0. The predicted octanol–water partition coefficient (Wildman–Crippen LogP) is 2.85. The topological polar surface area (TPSA) is 75.7 Å². The van der Waals surface area contributed by atoms with Crippen molar-refractivity contribution in [2.75, 3.05) is 7.11 Å². The zero-order chi connectivity index (χ0) is 17.3. The summed E-state index contributed by atoms with van der Waals surface area (Å²) in [6.45, 7) is 3.77. The fourth-order valence-electron chi connectivity index (χ4n) is 2.75. The molecule has 0 atom stereocenters. The average Bonchev–Trinajstić information content (AvgIpc) is 2.96. The number of rotatable bonds is 4. The smallest absolute Gasteiger partial charge is 0.159 e. The molecule has 0 amide bonds. The number of hydrogen-bond donors (Lipinski definition) is 2. The average molecular weight is 323 g/mol. The Labute approximate surface area is 140 Å². The Morgan fingerprint density at radius 1 is 1.08 bits per heavy atom. The Morgan fingerprint density at radius 2 is 1.79 bits per heavy atom. The van der Waals surface area contributed by atoms with E-state index in [1.165, 1.54) is 6.07 Å². The number of methoxy groups -OCH3 is 1. The first-order valence-corrected chi connectivity index (χ1v) is 7.71. The molecule has 3 rings (SSSR count). The molecule has 2 N–H and O–H groups in total. The van der Waals surface area contributed by atoms with Crippen molar-refractivity contribution in [2.45, 2.75) is 13.7 Å². The Balaban J connectivity index is 2.17. The van der Waals surface area contributed by atoms with E-state index >= 15 is 0 Å². The number of ether oxygens (including phenoxy) is 1. The summed E-state index contributed by atoms with van der Waals surface area (Å²) in [5.74, 6) is 1.45. The van der Waals surface area contributed by atoms with Crippen LogP contribution >= 0.6 is 0 Å². The zero-order valence-corrected chi connectivity index (χ0v) is 13.8. The second-order valence-corrected chi connectivity index (χ2v) is 5.54. The lowest BCUT2D eigenvalue weighted by Gasteiger charge is -2.09. The molecule has 0 aliphatic carbocycles. The molecular formula is C18H18BNO4. The highest BCUT2D eigenvalue weighted by molar-refractivity contribution is 6.53. The molecule has 5 nitrogen and oxygen atoms in total. The molecule has 0 fully saturated rings. The van der Waals surface area contributed by atoms with Gasteiger partial charge in [0.2, 0.25) is 0 Å². The van der Waals surface area contributed by atoms with Crippen LogP contribution in [0.2, 0.25) is 6.82 Å². The highest BCUT2D eigenvalue weighted by Gasteiger charge is 2.20. The Hall–Kier alpha value is -2.89. The summed E-state index contributed by atoms with van der Waals surface area (Å²) < 4.78 is 10.6. The van der Waals surface area contributed by atoms with Crippen LogP contribution < -0.4 is 10.2 Å². The highest BCUT2D eigenvalue weighted by Crippen LogP contribution is 2.39. The minimum Gasteiger partial charge on any atom is -0.508 e. The summed E-state index contributed by atoms with van der Waals surface area (Å²) >= 11 is 0. The molecule has 0 radical (unpaired) electrons. The van der Waals surface area contributed by atoms with Gasteiger partial charge in [-0.15, -0.1) is 0 Å². The van der Waals surface area contributed by atoms with Crippen LogP contribution in [-0.4, -0.2) is 29.8 Å². The molecule has 0 unspecified atom stereocenters. The lowest BCUT2D eigenvalue weighted by molar-refractivity contribution is 0.399. The third kappa shape index (κ3) is 2.71. The number of aryl methyl sites for hydroxylation is 1. The van der Waals surface area contributed by atoms with Crippen molar-refractivity contribution >= 4 is 12.7 Å². The van der Waals surface area contributed by atoms with Crippen molar-refractivity contribution in [1.82, 2.24) is 5.16 Å². The van der Waals surface area contributed by atoms with Crippen LogP contribution in [0.3, 0.4) is 0 Å². The summed E-state index contributed by atoms with van der Waals surface area (Å²) in [5.41, 5.74) is 3.54. The number of benzene rings is 2. The van der Waals surface area contributed by atoms with Crippen molar-refractivity contribution in [1.29, 1.82) is 0 Å². The molecular weight excluding hydrogens is 305 g/mol. The van der Waals surface area contributed by atoms with Crippen molar-refractivity contribution in [3.8, 4) is 39.6 Å². The van der Waals surface area contributed by atoms with Gasteiger partial charge in [-0.2, -0.15) is 0 Å². The predicted molar refractivity (Wildman–Crippen MR) is 94.6 cm³/mol. The zero-order valence-electron chi connectivity index (χ0n) is 13.8. The number of aromatic hydroxyl groups is 2. The maximum absolute atomic E-state index is 10.3. The largest absolute Gasteiger partial charge is 0.508 e. The van der Waals surface area contributed by atoms with E-state index in [-0.39, 0.29) is 11.5 Å². The monoisotopic (exact) mass is 323 g/mol. The SMILES string of the molecule is CBc1cc(-c2noc(C)c2-c2ccc(OC)cc2)c(O)cc1O. The van der Waals surface area contributed by atoms with Crippen LogP contribution in [0.5, 0.6) is 17.2 Å². The Bertz CT molecular complexity index is 871. The lowest BCUT2D eigenvalue weighted by Crippen LogP contribution is -2.11. The minimum absolute atomic E-state index is 0.0345. The van der Waals surface area contributed by atoms with E-state index in [0.717, 1.165) is 22.3 Å². The molecule has 6 heteroatoms. The number of nitrogens with zero attached hydrogens (tertiary/aromatic N) is 1. The van der Waals surface area contributed by atoms with E-state index in [9.17, 15) is 10.2 Å². The first kappa shape index (κ1) is 16.0. The van der Waals surface area contributed by atoms with E-state index < -0.39 is 0 Å². The van der Waals surface area contributed by atoms with E-state index in [0.29, 0.717) is 24.3 Å². The minimum atomic E-state index is -0.0345. The normalized spacial score (nSPS) is 10.6. The lowest BCUT2D eigenvalue weighted by atomic mass is 9.72. The summed E-state index contributed by atoms with van der Waals surface area (Å²) in [7, 11) is 2.26. The van der Waals surface area contributed by atoms with Gasteiger partial charge < -0.3 is 19.5 Å². The summed E-state index contributed by atoms with van der Waals surface area (Å²) in [5, 5.41) is 24.3. The number of phenols is 2. The molecule has 0 saturated carbocycles. The van der Waals surface area contributed by atoms with Gasteiger partial charge in [-0.1, -0.05) is 30.2 Å². The van der Waals surface area contributed by atoms with Crippen LogP contribution in [-0.2, 0) is 0 Å². The quantitative estimate of drug-likeness (QED) is 0.722. The van der Waals surface area contributed by atoms with Gasteiger partial charge in [-0.25, -0.2) is 0 Å². The van der Waals surface area contributed by atoms with Crippen LogP contribution in [0.4, 0.5) is 0 Å². The molecule has 3 aromatic rings.